The van der Waals surface area contributed by atoms with Gasteiger partial charge in [-0.3, -0.25) is 4.79 Å². The number of carbonyl (C=O) groups is 2. The normalized spacial score (nSPS) is 11.8. The molecule has 0 spiro atoms. The summed E-state index contributed by atoms with van der Waals surface area (Å²) in [6.07, 6.45) is 11.3. The van der Waals surface area contributed by atoms with Crippen LogP contribution >= 0.6 is 11.8 Å². The standard InChI is InChI=1S/C28H31NO3S/c1-4-6-8-13-17-26(29-32-28(31)22(3)14-10-7-5-2)27(30)23-18-20-25(21-19-23)33-24-15-11-9-12-16-24/h5,7,9-12,14-16,18-21H,3-4,6,8,13,17H2,1-2H3/b7-5-,14-10-,29-26+. The molecule has 2 rings (SSSR count). The number of allylic oxidation sites excluding steroid dienone is 3. The summed E-state index contributed by atoms with van der Waals surface area (Å²) >= 11 is 1.63. The van der Waals surface area contributed by atoms with Crippen molar-refractivity contribution < 1.29 is 14.4 Å². The van der Waals surface area contributed by atoms with Crippen LogP contribution in [-0.4, -0.2) is 17.5 Å². The van der Waals surface area contributed by atoms with Crippen LogP contribution in [0.15, 0.2) is 106 Å². The fourth-order valence-electron chi connectivity index (χ4n) is 2.89. The van der Waals surface area contributed by atoms with Crippen LogP contribution in [0.2, 0.25) is 0 Å². The third-order valence-corrected chi connectivity index (χ3v) is 5.74. The van der Waals surface area contributed by atoms with Crippen molar-refractivity contribution in [2.45, 2.75) is 55.7 Å². The molecule has 2 aromatic rings. The lowest BCUT2D eigenvalue weighted by atomic mass is 10.0. The number of carbonyl (C=O) groups excluding carboxylic acids is 2. The van der Waals surface area contributed by atoms with Gasteiger partial charge in [-0.15, -0.1) is 0 Å². The summed E-state index contributed by atoms with van der Waals surface area (Å²) in [5.74, 6) is -0.908. The van der Waals surface area contributed by atoms with Gasteiger partial charge in [0.25, 0.3) is 0 Å². The number of hydrogen-bond donors (Lipinski definition) is 0. The zero-order valence-corrected chi connectivity index (χ0v) is 20.1. The Balaban J connectivity index is 2.11. The molecular weight excluding hydrogens is 430 g/mol. The lowest BCUT2D eigenvalue weighted by molar-refractivity contribution is -0.138. The van der Waals surface area contributed by atoms with Gasteiger partial charge in [0.05, 0.1) is 5.57 Å². The van der Waals surface area contributed by atoms with E-state index in [0.717, 1.165) is 35.5 Å². The van der Waals surface area contributed by atoms with Gasteiger partial charge in [-0.2, -0.15) is 0 Å². The quantitative estimate of drug-likeness (QED) is 0.0587. The highest BCUT2D eigenvalue weighted by Gasteiger charge is 2.16. The molecule has 0 N–H and O–H groups in total. The molecule has 0 aromatic heterocycles. The maximum atomic E-state index is 13.1. The first-order valence-corrected chi connectivity index (χ1v) is 12.0. The number of unbranched alkanes of at least 4 members (excludes halogenated alkanes) is 3. The van der Waals surface area contributed by atoms with Crippen molar-refractivity contribution in [1.82, 2.24) is 0 Å². The minimum atomic E-state index is -0.677. The van der Waals surface area contributed by atoms with Crippen molar-refractivity contribution in [2.75, 3.05) is 0 Å². The molecule has 0 heterocycles. The Morgan fingerprint density at radius 1 is 0.970 bits per heavy atom. The Bertz CT molecular complexity index is 1010. The van der Waals surface area contributed by atoms with E-state index in [9.17, 15) is 9.59 Å². The molecule has 0 saturated carbocycles. The van der Waals surface area contributed by atoms with Gasteiger partial charge in [0.15, 0.2) is 0 Å². The van der Waals surface area contributed by atoms with E-state index < -0.39 is 5.97 Å². The van der Waals surface area contributed by atoms with Crippen LogP contribution in [0.25, 0.3) is 0 Å². The van der Waals surface area contributed by atoms with E-state index in [1.165, 1.54) is 0 Å². The topological polar surface area (TPSA) is 55.7 Å². The highest BCUT2D eigenvalue weighted by atomic mass is 32.2. The van der Waals surface area contributed by atoms with Crippen LogP contribution in [0.3, 0.4) is 0 Å². The second kappa shape index (κ2) is 14.8. The average molecular weight is 462 g/mol. The third-order valence-electron chi connectivity index (χ3n) is 4.73. The Hall–Kier alpha value is -3.18. The van der Waals surface area contributed by atoms with Crippen LogP contribution < -0.4 is 0 Å². The molecule has 0 aliphatic rings. The van der Waals surface area contributed by atoms with Gasteiger partial charge in [-0.1, -0.05) is 86.1 Å². The first-order valence-electron chi connectivity index (χ1n) is 11.2. The number of oxime groups is 1. The summed E-state index contributed by atoms with van der Waals surface area (Å²) in [5, 5.41) is 3.94. The van der Waals surface area contributed by atoms with E-state index in [1.54, 1.807) is 42.1 Å². The Labute approximate surface area is 201 Å². The van der Waals surface area contributed by atoms with Crippen molar-refractivity contribution in [1.29, 1.82) is 0 Å². The Kier molecular flexibility index (Phi) is 11.7. The molecule has 0 fully saturated rings. The smallest absolute Gasteiger partial charge is 0.312 e. The first-order chi connectivity index (χ1) is 16.0. The molecule has 2 aromatic carbocycles. The predicted molar refractivity (Wildman–Crippen MR) is 137 cm³/mol. The summed E-state index contributed by atoms with van der Waals surface area (Å²) in [6.45, 7) is 7.69. The molecule has 0 amide bonds. The second-order valence-corrected chi connectivity index (χ2v) is 8.55. The minimum absolute atomic E-state index is 0.164. The zero-order chi connectivity index (χ0) is 23.9. The Morgan fingerprint density at radius 3 is 2.33 bits per heavy atom. The van der Waals surface area contributed by atoms with Gasteiger partial charge in [-0.05, 0) is 62.2 Å². The molecule has 0 unspecified atom stereocenters. The molecule has 33 heavy (non-hydrogen) atoms. The summed E-state index contributed by atoms with van der Waals surface area (Å²) < 4.78 is 0. The summed E-state index contributed by atoms with van der Waals surface area (Å²) in [7, 11) is 0. The average Bonchev–Trinajstić information content (AvgIpc) is 2.84. The largest absolute Gasteiger partial charge is 0.365 e. The number of hydrogen-bond acceptors (Lipinski definition) is 5. The maximum Gasteiger partial charge on any atom is 0.365 e. The predicted octanol–water partition coefficient (Wildman–Crippen LogP) is 7.58. The van der Waals surface area contributed by atoms with Crippen molar-refractivity contribution >= 4 is 29.2 Å². The number of rotatable bonds is 13. The molecule has 172 valence electrons. The van der Waals surface area contributed by atoms with E-state index in [2.05, 4.69) is 18.7 Å². The molecule has 5 heteroatoms. The van der Waals surface area contributed by atoms with Gasteiger partial charge < -0.3 is 4.84 Å². The van der Waals surface area contributed by atoms with Crippen molar-refractivity contribution in [3.8, 4) is 0 Å². The van der Waals surface area contributed by atoms with Crippen LogP contribution in [0.1, 0.15) is 56.3 Å². The van der Waals surface area contributed by atoms with Gasteiger partial charge >= 0.3 is 5.97 Å². The number of Topliss-reactive ketones (excluding diaryl/α,β-unsaturated/α-hetero) is 1. The summed E-state index contributed by atoms with van der Waals surface area (Å²) in [5.41, 5.74) is 0.926. The first kappa shape index (κ1) is 26.1. The minimum Gasteiger partial charge on any atom is -0.312 e. The van der Waals surface area contributed by atoms with Crippen molar-refractivity contribution in [3.05, 3.63) is 96.6 Å². The zero-order valence-electron chi connectivity index (χ0n) is 19.3. The van der Waals surface area contributed by atoms with Crippen LogP contribution in [0, 0.1) is 0 Å². The molecular formula is C28H31NO3S. The molecule has 0 radical (unpaired) electrons. The fourth-order valence-corrected chi connectivity index (χ4v) is 3.73. The van der Waals surface area contributed by atoms with Crippen LogP contribution in [0.4, 0.5) is 0 Å². The molecule has 0 aliphatic carbocycles. The number of nitrogens with zero attached hydrogens (tertiary/aromatic N) is 1. The lowest BCUT2D eigenvalue weighted by Gasteiger charge is -2.07. The van der Waals surface area contributed by atoms with Gasteiger partial charge in [-0.25, -0.2) is 4.79 Å². The second-order valence-electron chi connectivity index (χ2n) is 7.41. The highest BCUT2D eigenvalue weighted by Crippen LogP contribution is 2.27. The van der Waals surface area contributed by atoms with Crippen molar-refractivity contribution in [3.63, 3.8) is 0 Å². The molecule has 0 saturated heterocycles. The van der Waals surface area contributed by atoms with Crippen molar-refractivity contribution in [2.24, 2.45) is 5.16 Å². The van der Waals surface area contributed by atoms with Gasteiger partial charge in [0.1, 0.15) is 5.71 Å². The summed E-state index contributed by atoms with van der Waals surface area (Å²) in [6, 6.07) is 17.5. The Morgan fingerprint density at radius 2 is 1.67 bits per heavy atom. The van der Waals surface area contributed by atoms with E-state index in [4.69, 9.17) is 4.84 Å². The monoisotopic (exact) mass is 461 g/mol. The van der Waals surface area contributed by atoms with Gasteiger partial charge in [0.2, 0.25) is 5.78 Å². The van der Waals surface area contributed by atoms with E-state index in [0.29, 0.717) is 12.0 Å². The summed E-state index contributed by atoms with van der Waals surface area (Å²) in [4.78, 5) is 32.5. The third kappa shape index (κ3) is 9.46. The highest BCUT2D eigenvalue weighted by molar-refractivity contribution is 7.99. The van der Waals surface area contributed by atoms with Crippen LogP contribution in [-0.2, 0) is 9.63 Å². The SMILES string of the molecule is C=C(/C=C\C=C/C)C(=O)O/N=C(\CCCCCC)C(=O)c1ccc(Sc2ccccc2)cc1. The number of ketones is 1. The fraction of sp³-hybridized carbons (Fsp3) is 0.250. The molecule has 0 aliphatic heterocycles. The van der Waals surface area contributed by atoms with E-state index >= 15 is 0 Å². The molecule has 0 bridgehead atoms. The van der Waals surface area contributed by atoms with E-state index in [-0.39, 0.29) is 17.1 Å². The number of benzene rings is 2. The molecule has 4 nitrogen and oxygen atoms in total. The van der Waals surface area contributed by atoms with E-state index in [1.807, 2.05) is 55.5 Å². The maximum absolute atomic E-state index is 13.1. The molecule has 0 atom stereocenters. The lowest BCUT2D eigenvalue weighted by Crippen LogP contribution is -2.16. The van der Waals surface area contributed by atoms with Gasteiger partial charge in [0, 0.05) is 15.4 Å². The van der Waals surface area contributed by atoms with Crippen LogP contribution in [0.5, 0.6) is 0 Å².